The summed E-state index contributed by atoms with van der Waals surface area (Å²) in [5, 5.41) is 7.67. The zero-order valence-corrected chi connectivity index (χ0v) is 35.4. The van der Waals surface area contributed by atoms with E-state index in [1.807, 2.05) is 11.3 Å². The summed E-state index contributed by atoms with van der Waals surface area (Å²) in [4.78, 5) is 0. The highest BCUT2D eigenvalue weighted by Crippen LogP contribution is 2.63. The summed E-state index contributed by atoms with van der Waals surface area (Å²) in [5.74, 6) is 0. The van der Waals surface area contributed by atoms with Crippen molar-refractivity contribution in [1.29, 1.82) is 0 Å². The maximum atomic E-state index is 2.56. The van der Waals surface area contributed by atoms with E-state index in [0.717, 1.165) is 5.69 Å². The number of hydrogen-bond acceptors (Lipinski definition) is 1. The van der Waals surface area contributed by atoms with E-state index in [1.165, 1.54) is 125 Å². The highest BCUT2D eigenvalue weighted by Gasteiger charge is 2.51. The maximum absolute atomic E-state index is 2.56. The predicted octanol–water partition coefficient (Wildman–Crippen LogP) is 16.3. The molecule has 15 rings (SSSR count). The Kier molecular flexibility index (Phi) is 6.79. The molecule has 0 bridgehead atoms. The van der Waals surface area contributed by atoms with Crippen molar-refractivity contribution < 1.29 is 0 Å². The largest absolute Gasteiger partial charge is 0.309 e. The van der Waals surface area contributed by atoms with Crippen LogP contribution in [0.4, 0.5) is 0 Å². The molecular formula is C61H36N2S. The molecule has 13 aromatic rings. The van der Waals surface area contributed by atoms with Crippen LogP contribution in [0.15, 0.2) is 218 Å². The van der Waals surface area contributed by atoms with Crippen LogP contribution in [0, 0.1) is 0 Å². The lowest BCUT2D eigenvalue weighted by molar-refractivity contribution is 0.792. The van der Waals surface area contributed by atoms with Crippen molar-refractivity contribution in [3.8, 4) is 44.8 Å². The summed E-state index contributed by atoms with van der Waals surface area (Å²) < 4.78 is 7.69. The van der Waals surface area contributed by atoms with Gasteiger partial charge >= 0.3 is 0 Å². The highest BCUT2D eigenvalue weighted by molar-refractivity contribution is 7.26. The van der Waals surface area contributed by atoms with Gasteiger partial charge in [-0.05, 0) is 104 Å². The number of thiophene rings is 1. The lowest BCUT2D eigenvalue weighted by atomic mass is 9.70. The van der Waals surface area contributed by atoms with Gasteiger partial charge in [0.05, 0.1) is 27.5 Å². The molecule has 0 fully saturated rings. The molecule has 64 heavy (non-hydrogen) atoms. The number of nitrogens with zero attached hydrogens (tertiary/aromatic N) is 2. The molecule has 0 unspecified atom stereocenters. The van der Waals surface area contributed by atoms with E-state index in [1.54, 1.807) is 0 Å². The molecule has 0 amide bonds. The molecule has 0 saturated heterocycles. The lowest BCUT2D eigenvalue weighted by Crippen LogP contribution is -2.26. The number of benzene rings is 10. The molecule has 0 aliphatic heterocycles. The Balaban J connectivity index is 0.979. The first-order valence-electron chi connectivity index (χ1n) is 22.2. The quantitative estimate of drug-likeness (QED) is 0.168. The van der Waals surface area contributed by atoms with Gasteiger partial charge in [0, 0.05) is 53.1 Å². The normalized spacial score (nSPS) is 13.4. The molecule has 0 saturated carbocycles. The molecule has 0 atom stereocenters. The van der Waals surface area contributed by atoms with Crippen LogP contribution in [0.25, 0.3) is 109 Å². The first-order chi connectivity index (χ1) is 31.8. The van der Waals surface area contributed by atoms with Crippen molar-refractivity contribution in [1.82, 2.24) is 9.13 Å². The summed E-state index contributed by atoms with van der Waals surface area (Å²) >= 11 is 1.89. The highest BCUT2D eigenvalue weighted by atomic mass is 32.1. The van der Waals surface area contributed by atoms with Crippen LogP contribution < -0.4 is 0 Å². The van der Waals surface area contributed by atoms with Gasteiger partial charge in [-0.15, -0.1) is 11.3 Å². The number of aromatic nitrogens is 2. The minimum absolute atomic E-state index is 0.423. The smallest absolute Gasteiger partial charge is 0.0726 e. The molecule has 296 valence electrons. The Bertz CT molecular complexity index is 4070. The minimum Gasteiger partial charge on any atom is -0.309 e. The molecule has 0 radical (unpaired) electrons. The lowest BCUT2D eigenvalue weighted by Gasteiger charge is -2.30. The fourth-order valence-corrected chi connectivity index (χ4v) is 13.3. The first kappa shape index (κ1) is 34.6. The Morgan fingerprint density at radius 2 is 0.875 bits per heavy atom. The van der Waals surface area contributed by atoms with E-state index in [0.29, 0.717) is 0 Å². The second-order valence-corrected chi connectivity index (χ2v) is 18.6. The van der Waals surface area contributed by atoms with Crippen LogP contribution in [0.3, 0.4) is 0 Å². The molecular weight excluding hydrogens is 793 g/mol. The molecule has 0 N–H and O–H groups in total. The number of fused-ring (bicyclic) bond motifs is 20. The third kappa shape index (κ3) is 4.30. The molecule has 10 aromatic carbocycles. The van der Waals surface area contributed by atoms with Gasteiger partial charge in [-0.3, -0.25) is 0 Å². The maximum Gasteiger partial charge on any atom is 0.0726 e. The standard InChI is InChI=1S/C61H36N2S/c1-7-22-50-41(14-1)42-15-2-8-23-51(42)61(50)52-24-9-3-16-43(52)44-33-32-39(36-53(44)61)63-54-25-10-4-17-45(54)47-34-35-56-58(59(47)63)49-19-5-11-26-55(49)62(56)38-30-28-37(29-31-38)40-20-13-21-48-46-18-6-12-27-57(46)64-60(40)48/h1-36H. The van der Waals surface area contributed by atoms with Crippen molar-refractivity contribution in [3.05, 3.63) is 241 Å². The Hall–Kier alpha value is -7.98. The van der Waals surface area contributed by atoms with E-state index in [-0.39, 0.29) is 0 Å². The fourth-order valence-electron chi connectivity index (χ4n) is 12.0. The van der Waals surface area contributed by atoms with Crippen LogP contribution in [0.2, 0.25) is 0 Å². The topological polar surface area (TPSA) is 9.86 Å². The number of para-hydroxylation sites is 2. The first-order valence-corrected chi connectivity index (χ1v) is 23.0. The summed E-state index contributed by atoms with van der Waals surface area (Å²) in [6.45, 7) is 0. The molecule has 3 heteroatoms. The van der Waals surface area contributed by atoms with Crippen LogP contribution in [-0.2, 0) is 5.41 Å². The van der Waals surface area contributed by atoms with Crippen LogP contribution in [0.1, 0.15) is 22.3 Å². The van der Waals surface area contributed by atoms with Crippen molar-refractivity contribution in [2.24, 2.45) is 0 Å². The van der Waals surface area contributed by atoms with E-state index < -0.39 is 5.41 Å². The monoisotopic (exact) mass is 828 g/mol. The second-order valence-electron chi connectivity index (χ2n) is 17.5. The van der Waals surface area contributed by atoms with E-state index in [4.69, 9.17) is 0 Å². The SMILES string of the molecule is c1ccc2c(c1)-c1ccccc1C21c2ccccc2-c2ccc(-n3c4ccccc4c4ccc5c(c6ccccc6n5-c5ccc(-c6cccc7c6sc6ccccc67)cc5)c43)cc21. The van der Waals surface area contributed by atoms with Crippen LogP contribution in [-0.4, -0.2) is 9.13 Å². The summed E-state index contributed by atoms with van der Waals surface area (Å²) in [6.07, 6.45) is 0. The van der Waals surface area contributed by atoms with Gasteiger partial charge in [0.2, 0.25) is 0 Å². The van der Waals surface area contributed by atoms with Crippen LogP contribution >= 0.6 is 11.3 Å². The molecule has 3 aromatic heterocycles. The van der Waals surface area contributed by atoms with Crippen molar-refractivity contribution >= 4 is 75.1 Å². The molecule has 2 aliphatic rings. The van der Waals surface area contributed by atoms with Crippen molar-refractivity contribution in [2.45, 2.75) is 5.41 Å². The summed E-state index contributed by atoms with van der Waals surface area (Å²) in [7, 11) is 0. The average Bonchev–Trinajstić information content (AvgIpc) is 4.15. The Morgan fingerprint density at radius 1 is 0.328 bits per heavy atom. The van der Waals surface area contributed by atoms with Gasteiger partial charge in [0.25, 0.3) is 0 Å². The third-order valence-corrected chi connectivity index (χ3v) is 15.8. The minimum atomic E-state index is -0.423. The average molecular weight is 829 g/mol. The second kappa shape index (κ2) is 12.6. The van der Waals surface area contributed by atoms with Gasteiger partial charge in [0.1, 0.15) is 0 Å². The molecule has 3 heterocycles. The van der Waals surface area contributed by atoms with Gasteiger partial charge < -0.3 is 9.13 Å². The third-order valence-electron chi connectivity index (χ3n) is 14.5. The number of rotatable bonds is 3. The fraction of sp³-hybridized carbons (Fsp3) is 0.0164. The van der Waals surface area contributed by atoms with Gasteiger partial charge in [-0.25, -0.2) is 0 Å². The van der Waals surface area contributed by atoms with E-state index >= 15 is 0 Å². The summed E-state index contributed by atoms with van der Waals surface area (Å²) in [5.41, 5.74) is 19.9. The zero-order chi connectivity index (χ0) is 41.7. The Morgan fingerprint density at radius 3 is 1.59 bits per heavy atom. The van der Waals surface area contributed by atoms with Crippen molar-refractivity contribution in [2.75, 3.05) is 0 Å². The predicted molar refractivity (Wildman–Crippen MR) is 270 cm³/mol. The molecule has 2 nitrogen and oxygen atoms in total. The zero-order valence-electron chi connectivity index (χ0n) is 34.6. The summed E-state index contributed by atoms with van der Waals surface area (Å²) in [6, 6.07) is 81.9. The Labute approximate surface area is 373 Å². The number of hydrogen-bond donors (Lipinski definition) is 0. The van der Waals surface area contributed by atoms with E-state index in [9.17, 15) is 0 Å². The molecule has 2 aliphatic carbocycles. The van der Waals surface area contributed by atoms with Gasteiger partial charge in [0.15, 0.2) is 0 Å². The van der Waals surface area contributed by atoms with E-state index in [2.05, 4.69) is 228 Å². The van der Waals surface area contributed by atoms with Crippen molar-refractivity contribution in [3.63, 3.8) is 0 Å². The van der Waals surface area contributed by atoms with Crippen LogP contribution in [0.5, 0.6) is 0 Å². The van der Waals surface area contributed by atoms with Gasteiger partial charge in [-0.2, -0.15) is 0 Å². The molecule has 1 spiro atoms. The van der Waals surface area contributed by atoms with Gasteiger partial charge in [-0.1, -0.05) is 170 Å².